The van der Waals surface area contributed by atoms with Crippen LogP contribution in [0.2, 0.25) is 0 Å². The molecule has 78 valence electrons. The lowest BCUT2D eigenvalue weighted by atomic mass is 10.2. The minimum absolute atomic E-state index is 0.0313. The maximum Gasteiger partial charge on any atom is 0.260 e. The van der Waals surface area contributed by atoms with Crippen molar-refractivity contribution in [3.8, 4) is 0 Å². The summed E-state index contributed by atoms with van der Waals surface area (Å²) in [6.07, 6.45) is 0. The molecule has 0 saturated carbocycles. The average molecular weight is 292 g/mol. The van der Waals surface area contributed by atoms with Gasteiger partial charge in [-0.25, -0.2) is 9.37 Å². The van der Waals surface area contributed by atoms with Crippen molar-refractivity contribution in [3.63, 3.8) is 0 Å². The van der Waals surface area contributed by atoms with Gasteiger partial charge in [-0.3, -0.25) is 4.79 Å². The number of alkyl halides is 1. The highest BCUT2D eigenvalue weighted by Crippen LogP contribution is 2.21. The molecule has 2 aromatic rings. The number of rotatable bonds is 1. The Kier molecular flexibility index (Phi) is 2.75. The van der Waals surface area contributed by atoms with Crippen LogP contribution < -0.4 is 5.56 Å². The van der Waals surface area contributed by atoms with Crippen LogP contribution in [0.25, 0.3) is 10.9 Å². The number of aromatic amines is 1. The van der Waals surface area contributed by atoms with E-state index < -0.39 is 11.4 Å². The lowest BCUT2D eigenvalue weighted by Gasteiger charge is -2.02. The molecular formula is C9H5BrClFN2O. The Hall–Kier alpha value is -0.940. The van der Waals surface area contributed by atoms with Crippen molar-refractivity contribution < 1.29 is 4.39 Å². The molecule has 0 amide bonds. The van der Waals surface area contributed by atoms with Gasteiger partial charge >= 0.3 is 0 Å². The molecule has 0 saturated heterocycles. The summed E-state index contributed by atoms with van der Waals surface area (Å²) in [4.78, 5) is 18.0. The number of hydrogen-bond donors (Lipinski definition) is 1. The molecule has 2 rings (SSSR count). The summed E-state index contributed by atoms with van der Waals surface area (Å²) in [6.45, 7) is 0. The molecule has 0 atom stereocenters. The fourth-order valence-electron chi connectivity index (χ4n) is 1.29. The normalized spacial score (nSPS) is 10.9. The summed E-state index contributed by atoms with van der Waals surface area (Å²) in [5.41, 5.74) is -0.370. The van der Waals surface area contributed by atoms with Gasteiger partial charge in [-0.05, 0) is 28.1 Å². The van der Waals surface area contributed by atoms with E-state index in [9.17, 15) is 9.18 Å². The van der Waals surface area contributed by atoms with Gasteiger partial charge in [0.05, 0.1) is 11.3 Å². The Morgan fingerprint density at radius 3 is 2.93 bits per heavy atom. The fraction of sp³-hybridized carbons (Fsp3) is 0.111. The summed E-state index contributed by atoms with van der Waals surface area (Å²) in [7, 11) is 0. The van der Waals surface area contributed by atoms with E-state index >= 15 is 0 Å². The molecule has 15 heavy (non-hydrogen) atoms. The number of halogens is 3. The predicted molar refractivity (Wildman–Crippen MR) is 59.6 cm³/mol. The Morgan fingerprint density at radius 2 is 2.27 bits per heavy atom. The highest BCUT2D eigenvalue weighted by atomic mass is 79.9. The van der Waals surface area contributed by atoms with E-state index in [-0.39, 0.29) is 22.6 Å². The van der Waals surface area contributed by atoms with Crippen LogP contribution in [0.3, 0.4) is 0 Å². The molecule has 0 fully saturated rings. The molecule has 1 N–H and O–H groups in total. The summed E-state index contributed by atoms with van der Waals surface area (Å²) in [5.74, 6) is -0.242. The second kappa shape index (κ2) is 3.90. The highest BCUT2D eigenvalue weighted by Gasteiger charge is 2.10. The van der Waals surface area contributed by atoms with E-state index in [1.807, 2.05) is 0 Å². The second-order valence-corrected chi connectivity index (χ2v) is 4.02. The number of aromatic nitrogens is 2. The fourth-order valence-corrected chi connectivity index (χ4v) is 1.91. The molecule has 3 nitrogen and oxygen atoms in total. The number of benzene rings is 1. The first-order valence-electron chi connectivity index (χ1n) is 4.06. The molecule has 6 heteroatoms. The van der Waals surface area contributed by atoms with Crippen molar-refractivity contribution in [1.29, 1.82) is 0 Å². The Labute approximate surface area is 97.4 Å². The van der Waals surface area contributed by atoms with Gasteiger partial charge < -0.3 is 4.98 Å². The summed E-state index contributed by atoms with van der Waals surface area (Å²) in [5, 5.41) is 0.198. The van der Waals surface area contributed by atoms with Gasteiger partial charge in [0.15, 0.2) is 0 Å². The molecule has 0 bridgehead atoms. The topological polar surface area (TPSA) is 45.8 Å². The monoisotopic (exact) mass is 290 g/mol. The van der Waals surface area contributed by atoms with Crippen molar-refractivity contribution in [2.45, 2.75) is 5.88 Å². The smallest absolute Gasteiger partial charge is 0.260 e. The molecule has 0 unspecified atom stereocenters. The van der Waals surface area contributed by atoms with Crippen molar-refractivity contribution in [3.05, 3.63) is 38.6 Å². The molecule has 0 aliphatic rings. The van der Waals surface area contributed by atoms with Crippen LogP contribution in [0.15, 0.2) is 21.4 Å². The number of H-pyrrole nitrogens is 1. The third kappa shape index (κ3) is 1.77. The Morgan fingerprint density at radius 1 is 1.53 bits per heavy atom. The van der Waals surface area contributed by atoms with Gasteiger partial charge in [0.1, 0.15) is 17.2 Å². The lowest BCUT2D eigenvalue weighted by Crippen LogP contribution is -2.12. The molecule has 0 aliphatic carbocycles. The number of hydrogen-bond acceptors (Lipinski definition) is 2. The van der Waals surface area contributed by atoms with Gasteiger partial charge in [-0.15, -0.1) is 11.6 Å². The van der Waals surface area contributed by atoms with Crippen LogP contribution in [0.5, 0.6) is 0 Å². The van der Waals surface area contributed by atoms with E-state index in [1.54, 1.807) is 0 Å². The number of fused-ring (bicyclic) bond motifs is 1. The first-order chi connectivity index (χ1) is 7.13. The van der Waals surface area contributed by atoms with Crippen LogP contribution in [0.1, 0.15) is 5.82 Å². The quantitative estimate of drug-likeness (QED) is 0.821. The summed E-state index contributed by atoms with van der Waals surface area (Å²) >= 11 is 8.69. The first-order valence-corrected chi connectivity index (χ1v) is 5.39. The maximum absolute atomic E-state index is 13.4. The standard InChI is InChI=1S/C9H5BrClFN2O/c10-4-1-2-5(12)8-7(4)9(15)14-6(3-11)13-8/h1-2H,3H2,(H,13,14,15). The number of nitrogens with zero attached hydrogens (tertiary/aromatic N) is 1. The molecular weight excluding hydrogens is 286 g/mol. The molecule has 0 radical (unpaired) electrons. The van der Waals surface area contributed by atoms with Crippen LogP contribution in [0.4, 0.5) is 4.39 Å². The van der Waals surface area contributed by atoms with Crippen LogP contribution in [-0.4, -0.2) is 9.97 Å². The zero-order chi connectivity index (χ0) is 11.0. The Balaban J connectivity index is 2.97. The molecule has 0 aliphatic heterocycles. The van der Waals surface area contributed by atoms with Gasteiger partial charge in [0.25, 0.3) is 5.56 Å². The molecule has 1 aromatic heterocycles. The minimum Gasteiger partial charge on any atom is -0.309 e. The van der Waals surface area contributed by atoms with Gasteiger partial charge in [0, 0.05) is 4.47 Å². The zero-order valence-corrected chi connectivity index (χ0v) is 9.69. The lowest BCUT2D eigenvalue weighted by molar-refractivity contribution is 0.635. The van der Waals surface area contributed by atoms with Crippen molar-refractivity contribution in [2.75, 3.05) is 0 Å². The average Bonchev–Trinajstić information content (AvgIpc) is 2.23. The zero-order valence-electron chi connectivity index (χ0n) is 7.35. The van der Waals surface area contributed by atoms with E-state index in [1.165, 1.54) is 12.1 Å². The van der Waals surface area contributed by atoms with Gasteiger partial charge in [-0.1, -0.05) is 0 Å². The molecule has 1 heterocycles. The Bertz CT molecular complexity index is 584. The third-order valence-electron chi connectivity index (χ3n) is 1.94. The summed E-state index contributed by atoms with van der Waals surface area (Å²) in [6, 6.07) is 2.71. The second-order valence-electron chi connectivity index (χ2n) is 2.90. The minimum atomic E-state index is -0.536. The largest absolute Gasteiger partial charge is 0.309 e. The van der Waals surface area contributed by atoms with Gasteiger partial charge in [-0.2, -0.15) is 0 Å². The summed E-state index contributed by atoms with van der Waals surface area (Å²) < 4.78 is 13.9. The highest BCUT2D eigenvalue weighted by molar-refractivity contribution is 9.10. The van der Waals surface area contributed by atoms with Crippen molar-refractivity contribution in [1.82, 2.24) is 9.97 Å². The van der Waals surface area contributed by atoms with Crippen LogP contribution in [-0.2, 0) is 5.88 Å². The van der Waals surface area contributed by atoms with E-state index in [2.05, 4.69) is 25.9 Å². The first kappa shape index (κ1) is 10.6. The van der Waals surface area contributed by atoms with E-state index in [0.29, 0.717) is 4.47 Å². The molecule has 1 aromatic carbocycles. The van der Waals surface area contributed by atoms with Gasteiger partial charge in [0.2, 0.25) is 0 Å². The van der Waals surface area contributed by atoms with Crippen LogP contribution in [0, 0.1) is 5.82 Å². The maximum atomic E-state index is 13.4. The SMILES string of the molecule is O=c1[nH]c(CCl)nc2c(F)ccc(Br)c12. The van der Waals surface area contributed by atoms with Crippen molar-refractivity contribution >= 4 is 38.4 Å². The third-order valence-corrected chi connectivity index (χ3v) is 2.85. The van der Waals surface area contributed by atoms with Crippen LogP contribution >= 0.6 is 27.5 Å². The number of nitrogens with one attached hydrogen (secondary N) is 1. The van der Waals surface area contributed by atoms with E-state index in [4.69, 9.17) is 11.6 Å². The van der Waals surface area contributed by atoms with Crippen molar-refractivity contribution in [2.24, 2.45) is 0 Å². The predicted octanol–water partition coefficient (Wildman–Crippen LogP) is 2.56. The molecule has 0 spiro atoms. The van der Waals surface area contributed by atoms with E-state index in [0.717, 1.165) is 0 Å².